The van der Waals surface area contributed by atoms with Gasteiger partial charge in [0.05, 0.1) is 17.6 Å². The number of fused-ring (bicyclic) bond motifs is 1. The third-order valence-electron chi connectivity index (χ3n) is 3.48. The first-order valence-electron chi connectivity index (χ1n) is 6.63. The van der Waals surface area contributed by atoms with Gasteiger partial charge in [-0.15, -0.1) is 0 Å². The lowest BCUT2D eigenvalue weighted by atomic mass is 9.99. The maximum absolute atomic E-state index is 12.1. The zero-order valence-corrected chi connectivity index (χ0v) is 11.5. The number of nitrogens with zero attached hydrogens (tertiary/aromatic N) is 2. The van der Waals surface area contributed by atoms with Crippen LogP contribution in [0.2, 0.25) is 0 Å². The predicted octanol–water partition coefficient (Wildman–Crippen LogP) is 0.983. The van der Waals surface area contributed by atoms with E-state index in [0.29, 0.717) is 13.1 Å². The van der Waals surface area contributed by atoms with Gasteiger partial charge in [0.15, 0.2) is 0 Å². The Kier molecular flexibility index (Phi) is 3.32. The fourth-order valence-corrected chi connectivity index (χ4v) is 2.26. The van der Waals surface area contributed by atoms with E-state index in [-0.39, 0.29) is 17.7 Å². The molecule has 1 aromatic heterocycles. The van der Waals surface area contributed by atoms with Crippen molar-refractivity contribution in [3.63, 3.8) is 0 Å². The van der Waals surface area contributed by atoms with Crippen molar-refractivity contribution in [3.8, 4) is 11.8 Å². The van der Waals surface area contributed by atoms with E-state index in [9.17, 15) is 9.59 Å². The third-order valence-corrected chi connectivity index (χ3v) is 3.48. The highest BCUT2D eigenvalue weighted by atomic mass is 16.2. The lowest BCUT2D eigenvalue weighted by Crippen LogP contribution is -2.54. The van der Waals surface area contributed by atoms with Crippen molar-refractivity contribution in [1.29, 1.82) is 0 Å². The summed E-state index contributed by atoms with van der Waals surface area (Å²) in [5.41, 5.74) is 1.65. The van der Waals surface area contributed by atoms with Gasteiger partial charge >= 0.3 is 0 Å². The Hall–Kier alpha value is -2.81. The van der Waals surface area contributed by atoms with Gasteiger partial charge in [-0.2, -0.15) is 5.10 Å². The standard InChI is InChI=1S/C15H14N4O2/c1-2-3-14(20)19-8-11(9-19)15(21)17-12-4-5-13-10(6-12)7-16-18-13/h4-7,11H,8-9H2,1H3,(H,16,18)(H,17,21). The van der Waals surface area contributed by atoms with Crippen LogP contribution in [0.5, 0.6) is 0 Å². The van der Waals surface area contributed by atoms with Crippen molar-refractivity contribution in [2.45, 2.75) is 6.92 Å². The minimum Gasteiger partial charge on any atom is -0.330 e. The van der Waals surface area contributed by atoms with Crippen LogP contribution in [-0.2, 0) is 9.59 Å². The van der Waals surface area contributed by atoms with Crippen LogP contribution in [0.3, 0.4) is 0 Å². The summed E-state index contributed by atoms with van der Waals surface area (Å²) in [6.07, 6.45) is 1.71. The van der Waals surface area contributed by atoms with Crippen LogP contribution in [0.15, 0.2) is 24.4 Å². The van der Waals surface area contributed by atoms with Crippen LogP contribution in [0.1, 0.15) is 6.92 Å². The highest BCUT2D eigenvalue weighted by molar-refractivity contribution is 5.99. The molecule has 2 heterocycles. The van der Waals surface area contributed by atoms with Crippen LogP contribution in [0.4, 0.5) is 5.69 Å². The van der Waals surface area contributed by atoms with Gasteiger partial charge in [0, 0.05) is 24.2 Å². The van der Waals surface area contributed by atoms with E-state index < -0.39 is 0 Å². The summed E-state index contributed by atoms with van der Waals surface area (Å²) in [6, 6.07) is 5.55. The molecule has 3 rings (SSSR count). The molecular weight excluding hydrogens is 268 g/mol. The molecule has 1 aromatic carbocycles. The summed E-state index contributed by atoms with van der Waals surface area (Å²) in [5, 5.41) is 10.6. The van der Waals surface area contributed by atoms with E-state index in [1.54, 1.807) is 18.0 Å². The molecule has 0 bridgehead atoms. The van der Waals surface area contributed by atoms with Crippen LogP contribution in [0, 0.1) is 17.8 Å². The molecular formula is C15H14N4O2. The SMILES string of the molecule is CC#CC(=O)N1CC(C(=O)Nc2ccc3[nH]ncc3c2)C1. The third kappa shape index (κ3) is 2.58. The van der Waals surface area contributed by atoms with E-state index in [0.717, 1.165) is 16.6 Å². The number of nitrogens with one attached hydrogen (secondary N) is 2. The lowest BCUT2D eigenvalue weighted by molar-refractivity contribution is -0.136. The normalized spacial score (nSPS) is 14.2. The molecule has 6 nitrogen and oxygen atoms in total. The molecule has 0 aliphatic carbocycles. The molecule has 0 saturated carbocycles. The van der Waals surface area contributed by atoms with E-state index in [4.69, 9.17) is 0 Å². The summed E-state index contributed by atoms with van der Waals surface area (Å²) in [6.45, 7) is 2.47. The summed E-state index contributed by atoms with van der Waals surface area (Å²) in [5.74, 6) is 4.56. The average Bonchev–Trinajstić information content (AvgIpc) is 2.84. The Labute approximate surface area is 121 Å². The number of hydrogen-bond donors (Lipinski definition) is 2. The molecule has 21 heavy (non-hydrogen) atoms. The first kappa shape index (κ1) is 13.2. The monoisotopic (exact) mass is 282 g/mol. The number of likely N-dealkylation sites (tertiary alicyclic amines) is 1. The molecule has 0 unspecified atom stereocenters. The molecule has 0 atom stereocenters. The van der Waals surface area contributed by atoms with Crippen molar-refractivity contribution in [3.05, 3.63) is 24.4 Å². The van der Waals surface area contributed by atoms with Gasteiger partial charge in [-0.1, -0.05) is 5.92 Å². The first-order valence-corrected chi connectivity index (χ1v) is 6.63. The second-order valence-electron chi connectivity index (χ2n) is 4.94. The fraction of sp³-hybridized carbons (Fsp3) is 0.267. The van der Waals surface area contributed by atoms with Gasteiger partial charge in [-0.05, 0) is 31.0 Å². The molecule has 2 aromatic rings. The maximum Gasteiger partial charge on any atom is 0.298 e. The number of carbonyl (C=O) groups excluding carboxylic acids is 2. The molecule has 1 fully saturated rings. The molecule has 0 spiro atoms. The van der Waals surface area contributed by atoms with Crippen LogP contribution >= 0.6 is 0 Å². The van der Waals surface area contributed by atoms with Gasteiger partial charge in [-0.3, -0.25) is 14.7 Å². The smallest absolute Gasteiger partial charge is 0.298 e. The van der Waals surface area contributed by atoms with E-state index in [1.807, 2.05) is 18.2 Å². The second kappa shape index (κ2) is 5.29. The van der Waals surface area contributed by atoms with Gasteiger partial charge in [0.1, 0.15) is 0 Å². The van der Waals surface area contributed by atoms with Crippen molar-refractivity contribution in [1.82, 2.24) is 15.1 Å². The van der Waals surface area contributed by atoms with Crippen LogP contribution in [-0.4, -0.2) is 40.0 Å². The number of anilines is 1. The summed E-state index contributed by atoms with van der Waals surface area (Å²) in [7, 11) is 0. The largest absolute Gasteiger partial charge is 0.330 e. The van der Waals surface area contributed by atoms with Crippen molar-refractivity contribution >= 4 is 28.4 Å². The zero-order valence-electron chi connectivity index (χ0n) is 11.5. The van der Waals surface area contributed by atoms with Gasteiger partial charge in [0.25, 0.3) is 5.91 Å². The molecule has 2 amide bonds. The minimum atomic E-state index is -0.221. The minimum absolute atomic E-state index is 0.0775. The number of aromatic amines is 1. The summed E-state index contributed by atoms with van der Waals surface area (Å²) in [4.78, 5) is 25.1. The second-order valence-corrected chi connectivity index (χ2v) is 4.94. The van der Waals surface area contributed by atoms with Crippen molar-refractivity contribution in [2.24, 2.45) is 5.92 Å². The van der Waals surface area contributed by atoms with Gasteiger partial charge < -0.3 is 10.2 Å². The number of rotatable bonds is 2. The number of amides is 2. The Morgan fingerprint density at radius 3 is 3.00 bits per heavy atom. The van der Waals surface area contributed by atoms with Gasteiger partial charge in [-0.25, -0.2) is 0 Å². The molecule has 1 aliphatic heterocycles. The maximum atomic E-state index is 12.1. The number of carbonyl (C=O) groups is 2. The molecule has 0 radical (unpaired) electrons. The number of benzene rings is 1. The topological polar surface area (TPSA) is 78.1 Å². The highest BCUT2D eigenvalue weighted by Gasteiger charge is 2.35. The first-order chi connectivity index (χ1) is 10.2. The fourth-order valence-electron chi connectivity index (χ4n) is 2.26. The number of hydrogen-bond acceptors (Lipinski definition) is 3. The Balaban J connectivity index is 1.59. The molecule has 106 valence electrons. The predicted molar refractivity (Wildman–Crippen MR) is 78.2 cm³/mol. The molecule has 1 saturated heterocycles. The zero-order chi connectivity index (χ0) is 14.8. The number of aromatic nitrogens is 2. The Morgan fingerprint density at radius 2 is 2.24 bits per heavy atom. The quantitative estimate of drug-likeness (QED) is 0.806. The lowest BCUT2D eigenvalue weighted by Gasteiger charge is -2.36. The van der Waals surface area contributed by atoms with Gasteiger partial charge in [0.2, 0.25) is 5.91 Å². The Morgan fingerprint density at radius 1 is 1.43 bits per heavy atom. The Bertz CT molecular complexity index is 763. The molecule has 1 aliphatic rings. The van der Waals surface area contributed by atoms with Crippen molar-refractivity contribution < 1.29 is 9.59 Å². The average molecular weight is 282 g/mol. The van der Waals surface area contributed by atoms with Crippen molar-refractivity contribution in [2.75, 3.05) is 18.4 Å². The summed E-state index contributed by atoms with van der Waals surface area (Å²) >= 11 is 0. The number of H-pyrrole nitrogens is 1. The molecule has 6 heteroatoms. The van der Waals surface area contributed by atoms with E-state index in [2.05, 4.69) is 27.4 Å². The highest BCUT2D eigenvalue weighted by Crippen LogP contribution is 2.20. The van der Waals surface area contributed by atoms with Crippen LogP contribution < -0.4 is 5.32 Å². The van der Waals surface area contributed by atoms with Crippen LogP contribution in [0.25, 0.3) is 10.9 Å². The van der Waals surface area contributed by atoms with E-state index >= 15 is 0 Å². The molecule has 2 N–H and O–H groups in total. The summed E-state index contributed by atoms with van der Waals surface area (Å²) < 4.78 is 0. The van der Waals surface area contributed by atoms with E-state index in [1.165, 1.54) is 0 Å².